The fourth-order valence-corrected chi connectivity index (χ4v) is 2.48. The molecular weight excluding hydrogens is 214 g/mol. The molecule has 3 heterocycles. The Morgan fingerprint density at radius 2 is 2.35 bits per heavy atom. The zero-order chi connectivity index (χ0) is 11.8. The van der Waals surface area contributed by atoms with E-state index in [1.165, 1.54) is 19.4 Å². The Morgan fingerprint density at radius 1 is 1.47 bits per heavy atom. The van der Waals surface area contributed by atoms with Gasteiger partial charge in [0.2, 0.25) is 0 Å². The molecule has 5 nitrogen and oxygen atoms in total. The van der Waals surface area contributed by atoms with Crippen molar-refractivity contribution in [1.82, 2.24) is 19.5 Å². The van der Waals surface area contributed by atoms with Crippen LogP contribution in [-0.2, 0) is 6.42 Å². The third-order valence-corrected chi connectivity index (χ3v) is 3.49. The summed E-state index contributed by atoms with van der Waals surface area (Å²) < 4.78 is 1.76. The van der Waals surface area contributed by atoms with Crippen LogP contribution in [0.25, 0.3) is 5.65 Å². The zero-order valence-corrected chi connectivity index (χ0v) is 10.0. The number of rotatable bonds is 2. The van der Waals surface area contributed by atoms with E-state index in [4.69, 9.17) is 5.73 Å². The first-order valence-electron chi connectivity index (χ1n) is 6.03. The second-order valence-electron chi connectivity index (χ2n) is 4.77. The molecule has 0 aliphatic carbocycles. The van der Waals surface area contributed by atoms with Gasteiger partial charge in [-0.1, -0.05) is 0 Å². The van der Waals surface area contributed by atoms with Gasteiger partial charge in [-0.2, -0.15) is 5.10 Å². The van der Waals surface area contributed by atoms with E-state index in [-0.39, 0.29) is 0 Å². The van der Waals surface area contributed by atoms with Crippen molar-refractivity contribution in [3.05, 3.63) is 24.2 Å². The van der Waals surface area contributed by atoms with Gasteiger partial charge in [-0.15, -0.1) is 0 Å². The maximum Gasteiger partial charge on any atom is 0.155 e. The van der Waals surface area contributed by atoms with Gasteiger partial charge in [0.05, 0.1) is 11.9 Å². The Hall–Kier alpha value is -1.62. The first-order valence-corrected chi connectivity index (χ1v) is 6.03. The number of aromatic nitrogens is 3. The summed E-state index contributed by atoms with van der Waals surface area (Å²) in [5, 5.41) is 4.47. The topological polar surface area (TPSA) is 59.5 Å². The molecule has 3 rings (SSSR count). The Morgan fingerprint density at radius 3 is 3.12 bits per heavy atom. The van der Waals surface area contributed by atoms with Crippen LogP contribution in [0.5, 0.6) is 0 Å². The van der Waals surface area contributed by atoms with E-state index in [1.807, 2.05) is 18.3 Å². The molecule has 2 aromatic rings. The molecule has 1 unspecified atom stereocenters. The van der Waals surface area contributed by atoms with Gasteiger partial charge in [0.15, 0.2) is 11.5 Å². The van der Waals surface area contributed by atoms with Crippen LogP contribution in [0.15, 0.2) is 18.3 Å². The minimum atomic E-state index is 0.588. The lowest BCUT2D eigenvalue weighted by atomic mass is 10.1. The minimum absolute atomic E-state index is 0.588. The highest BCUT2D eigenvalue weighted by Gasteiger charge is 2.22. The standard InChI is InChI=1S/C12H17N5/c1-16-6-2-3-10(16)7-11-14-12-5-4-9(13)8-17(12)15-11/h4-5,8,10H,2-3,6-7,13H2,1H3. The van der Waals surface area contributed by atoms with Crippen molar-refractivity contribution in [2.75, 3.05) is 19.3 Å². The van der Waals surface area contributed by atoms with Crippen molar-refractivity contribution in [2.45, 2.75) is 25.3 Å². The third-order valence-electron chi connectivity index (χ3n) is 3.49. The second kappa shape index (κ2) is 4.00. The van der Waals surface area contributed by atoms with Crippen LogP contribution in [0, 0.1) is 0 Å². The van der Waals surface area contributed by atoms with Crippen LogP contribution in [-0.4, -0.2) is 39.1 Å². The first kappa shape index (κ1) is 10.5. The van der Waals surface area contributed by atoms with Crippen LogP contribution in [0.3, 0.4) is 0 Å². The number of pyridine rings is 1. The molecule has 90 valence electrons. The highest BCUT2D eigenvalue weighted by molar-refractivity contribution is 5.46. The minimum Gasteiger partial charge on any atom is -0.397 e. The van der Waals surface area contributed by atoms with Crippen molar-refractivity contribution in [3.8, 4) is 0 Å². The van der Waals surface area contributed by atoms with Crippen LogP contribution >= 0.6 is 0 Å². The highest BCUT2D eigenvalue weighted by Crippen LogP contribution is 2.18. The van der Waals surface area contributed by atoms with Crippen LogP contribution in [0.4, 0.5) is 5.69 Å². The van der Waals surface area contributed by atoms with Crippen LogP contribution in [0.1, 0.15) is 18.7 Å². The molecule has 5 heteroatoms. The smallest absolute Gasteiger partial charge is 0.155 e. The average molecular weight is 231 g/mol. The first-order chi connectivity index (χ1) is 8.22. The highest BCUT2D eigenvalue weighted by atomic mass is 15.3. The lowest BCUT2D eigenvalue weighted by Gasteiger charge is -2.17. The molecule has 1 atom stereocenters. The van der Waals surface area contributed by atoms with Crippen molar-refractivity contribution in [1.29, 1.82) is 0 Å². The lowest BCUT2D eigenvalue weighted by molar-refractivity contribution is 0.306. The van der Waals surface area contributed by atoms with E-state index in [0.29, 0.717) is 11.7 Å². The largest absolute Gasteiger partial charge is 0.397 e. The molecule has 2 N–H and O–H groups in total. The molecule has 0 spiro atoms. The number of likely N-dealkylation sites (tertiary alicyclic amines) is 1. The third kappa shape index (κ3) is 1.98. The summed E-state index contributed by atoms with van der Waals surface area (Å²) in [6.07, 6.45) is 5.26. The molecular formula is C12H17N5. The van der Waals surface area contributed by atoms with Gasteiger partial charge in [-0.25, -0.2) is 9.50 Å². The molecule has 0 amide bonds. The molecule has 1 saturated heterocycles. The summed E-state index contributed by atoms with van der Waals surface area (Å²) in [6, 6.07) is 4.35. The summed E-state index contributed by atoms with van der Waals surface area (Å²) in [7, 11) is 2.17. The summed E-state index contributed by atoms with van der Waals surface area (Å²) in [6.45, 7) is 1.19. The number of nitrogens with zero attached hydrogens (tertiary/aromatic N) is 4. The maximum absolute atomic E-state index is 5.72. The Labute approximate surface area is 100 Å². The van der Waals surface area contributed by atoms with Gasteiger partial charge in [0.25, 0.3) is 0 Å². The molecule has 0 aromatic carbocycles. The van der Waals surface area contributed by atoms with Gasteiger partial charge in [-0.05, 0) is 38.6 Å². The Kier molecular flexibility index (Phi) is 2.48. The molecule has 2 aromatic heterocycles. The number of hydrogen-bond acceptors (Lipinski definition) is 4. The molecule has 1 aliphatic heterocycles. The summed E-state index contributed by atoms with van der Waals surface area (Å²) >= 11 is 0. The number of nitrogen functional groups attached to an aromatic ring is 1. The van der Waals surface area contributed by atoms with E-state index in [2.05, 4.69) is 22.0 Å². The predicted octanol–water partition coefficient (Wildman–Crippen LogP) is 0.948. The van der Waals surface area contributed by atoms with Crippen LogP contribution < -0.4 is 5.73 Å². The number of nitrogens with two attached hydrogens (primary N) is 1. The lowest BCUT2D eigenvalue weighted by Crippen LogP contribution is -2.27. The predicted molar refractivity (Wildman–Crippen MR) is 66.8 cm³/mol. The molecule has 1 fully saturated rings. The molecule has 17 heavy (non-hydrogen) atoms. The summed E-state index contributed by atoms with van der Waals surface area (Å²) in [5.74, 6) is 0.911. The number of likely N-dealkylation sites (N-methyl/N-ethyl adjacent to an activating group) is 1. The molecule has 0 radical (unpaired) electrons. The molecule has 0 saturated carbocycles. The maximum atomic E-state index is 5.72. The van der Waals surface area contributed by atoms with Gasteiger partial charge in [0, 0.05) is 12.5 Å². The SMILES string of the molecule is CN1CCCC1Cc1nc2ccc(N)cn2n1. The molecule has 1 aliphatic rings. The van der Waals surface area contributed by atoms with E-state index in [1.54, 1.807) is 4.52 Å². The van der Waals surface area contributed by atoms with Gasteiger partial charge < -0.3 is 10.6 Å². The van der Waals surface area contributed by atoms with Crippen molar-refractivity contribution in [3.63, 3.8) is 0 Å². The number of anilines is 1. The summed E-state index contributed by atoms with van der Waals surface area (Å²) in [4.78, 5) is 6.91. The second-order valence-corrected chi connectivity index (χ2v) is 4.77. The van der Waals surface area contributed by atoms with Gasteiger partial charge >= 0.3 is 0 Å². The monoisotopic (exact) mass is 231 g/mol. The average Bonchev–Trinajstić information content (AvgIpc) is 2.85. The number of hydrogen-bond donors (Lipinski definition) is 1. The number of fused-ring (bicyclic) bond motifs is 1. The van der Waals surface area contributed by atoms with E-state index in [9.17, 15) is 0 Å². The van der Waals surface area contributed by atoms with E-state index >= 15 is 0 Å². The van der Waals surface area contributed by atoms with Gasteiger partial charge in [-0.3, -0.25) is 0 Å². The summed E-state index contributed by atoms with van der Waals surface area (Å²) in [5.41, 5.74) is 7.31. The van der Waals surface area contributed by atoms with Crippen molar-refractivity contribution < 1.29 is 0 Å². The zero-order valence-electron chi connectivity index (χ0n) is 10.0. The van der Waals surface area contributed by atoms with E-state index < -0.39 is 0 Å². The van der Waals surface area contributed by atoms with Crippen molar-refractivity contribution in [2.24, 2.45) is 0 Å². The quantitative estimate of drug-likeness (QED) is 0.836. The van der Waals surface area contributed by atoms with E-state index in [0.717, 1.165) is 17.9 Å². The Balaban J connectivity index is 1.85. The van der Waals surface area contributed by atoms with Crippen LogP contribution in [0.2, 0.25) is 0 Å². The Bertz CT molecular complexity index is 533. The van der Waals surface area contributed by atoms with Gasteiger partial charge in [0.1, 0.15) is 0 Å². The fraction of sp³-hybridized carbons (Fsp3) is 0.500. The normalized spacial score (nSPS) is 21.4. The molecule has 0 bridgehead atoms. The fourth-order valence-electron chi connectivity index (χ4n) is 2.48. The van der Waals surface area contributed by atoms with Crippen molar-refractivity contribution >= 4 is 11.3 Å².